The van der Waals surface area contributed by atoms with Gasteiger partial charge in [-0.15, -0.1) is 0 Å². The van der Waals surface area contributed by atoms with E-state index in [1.807, 2.05) is 0 Å². The minimum atomic E-state index is -3.47. The Labute approximate surface area is 164 Å². The predicted molar refractivity (Wildman–Crippen MR) is 105 cm³/mol. The van der Waals surface area contributed by atoms with Gasteiger partial charge in [0.25, 0.3) is 0 Å². The summed E-state index contributed by atoms with van der Waals surface area (Å²) in [5, 5.41) is 0. The molecule has 0 aliphatic heterocycles. The molecule has 0 spiro atoms. The van der Waals surface area contributed by atoms with Crippen LogP contribution in [0.15, 0.2) is 45.8 Å². The molecule has 1 N–H and O–H groups in total. The fourth-order valence-corrected chi connectivity index (χ4v) is 4.63. The molecule has 0 bridgehead atoms. The lowest BCUT2D eigenvalue weighted by atomic mass is 10.1. The van der Waals surface area contributed by atoms with Crippen LogP contribution in [-0.4, -0.2) is 27.0 Å². The predicted octanol–water partition coefficient (Wildman–Crippen LogP) is 4.19. The van der Waals surface area contributed by atoms with E-state index >= 15 is 0 Å². The van der Waals surface area contributed by atoms with Gasteiger partial charge in [0.05, 0.1) is 11.5 Å². The van der Waals surface area contributed by atoms with Crippen LogP contribution in [0.5, 0.6) is 0 Å². The third kappa shape index (κ3) is 6.85. The average Bonchev–Trinajstić information content (AvgIpc) is 3.02. The third-order valence-corrected chi connectivity index (χ3v) is 6.45. The van der Waals surface area contributed by atoms with Gasteiger partial charge < -0.3 is 4.74 Å². The molecule has 1 fully saturated rings. The van der Waals surface area contributed by atoms with Crippen molar-refractivity contribution >= 4 is 31.9 Å². The van der Waals surface area contributed by atoms with E-state index in [0.717, 1.165) is 36.6 Å². The molecule has 1 saturated carbocycles. The number of nitrogens with one attached hydrogen (secondary N) is 1. The summed E-state index contributed by atoms with van der Waals surface area (Å²) in [5.74, 6) is 0.236. The van der Waals surface area contributed by atoms with Crippen LogP contribution < -0.4 is 4.72 Å². The Balaban J connectivity index is 1.75. The van der Waals surface area contributed by atoms with Gasteiger partial charge in [-0.2, -0.15) is 0 Å². The van der Waals surface area contributed by atoms with E-state index in [2.05, 4.69) is 32.8 Å². The minimum Gasteiger partial charge on any atom is -0.466 e. The molecule has 1 aromatic carbocycles. The normalized spacial score (nSPS) is 20.5. The number of benzene rings is 1. The van der Waals surface area contributed by atoms with Crippen LogP contribution in [-0.2, 0) is 19.6 Å². The first kappa shape index (κ1) is 21.1. The number of allylic oxidation sites excluding steroid dienone is 2. The lowest BCUT2D eigenvalue weighted by Crippen LogP contribution is -2.32. The highest BCUT2D eigenvalue weighted by Crippen LogP contribution is 2.28. The second kappa shape index (κ2) is 10.2. The Kier molecular flexibility index (Phi) is 8.31. The second-order valence-electron chi connectivity index (χ2n) is 6.47. The summed E-state index contributed by atoms with van der Waals surface area (Å²) in [5.41, 5.74) is 0. The molecule has 1 aromatic rings. The zero-order valence-electron chi connectivity index (χ0n) is 15.0. The zero-order chi connectivity index (χ0) is 19.0. The molecular formula is C19H26BrNO4S. The molecule has 0 saturated heterocycles. The van der Waals surface area contributed by atoms with Crippen molar-refractivity contribution in [1.29, 1.82) is 0 Å². The quantitative estimate of drug-likeness (QED) is 0.352. The highest BCUT2D eigenvalue weighted by Gasteiger charge is 2.27. The lowest BCUT2D eigenvalue weighted by Gasteiger charge is -2.13. The topological polar surface area (TPSA) is 72.5 Å². The number of rotatable bonds is 9. The number of sulfonamides is 1. The summed E-state index contributed by atoms with van der Waals surface area (Å²) in [6.45, 7) is 2.23. The van der Waals surface area contributed by atoms with Gasteiger partial charge in [-0.1, -0.05) is 28.1 Å². The number of unbranched alkanes of at least 4 members (excludes halogenated alkanes) is 1. The maximum absolute atomic E-state index is 12.4. The first-order valence-corrected chi connectivity index (χ1v) is 11.3. The van der Waals surface area contributed by atoms with Crippen LogP contribution in [0.4, 0.5) is 0 Å². The van der Waals surface area contributed by atoms with E-state index in [4.69, 9.17) is 4.74 Å². The molecule has 1 aliphatic carbocycles. The van der Waals surface area contributed by atoms with Crippen LogP contribution in [0.2, 0.25) is 0 Å². The van der Waals surface area contributed by atoms with E-state index < -0.39 is 10.0 Å². The van der Waals surface area contributed by atoms with Crippen molar-refractivity contribution in [3.8, 4) is 0 Å². The summed E-state index contributed by atoms with van der Waals surface area (Å²) < 4.78 is 33.4. The first-order valence-electron chi connectivity index (χ1n) is 9.01. The van der Waals surface area contributed by atoms with E-state index in [0.29, 0.717) is 23.8 Å². The van der Waals surface area contributed by atoms with E-state index in [1.165, 1.54) is 0 Å². The molecule has 5 nitrogen and oxygen atoms in total. The van der Waals surface area contributed by atoms with Gasteiger partial charge in [0.1, 0.15) is 0 Å². The number of hydrogen-bond donors (Lipinski definition) is 1. The maximum atomic E-state index is 12.4. The molecule has 0 radical (unpaired) electrons. The third-order valence-electron chi connectivity index (χ3n) is 4.38. The van der Waals surface area contributed by atoms with Crippen LogP contribution in [0.1, 0.15) is 45.4 Å². The highest BCUT2D eigenvalue weighted by atomic mass is 79.9. The van der Waals surface area contributed by atoms with Gasteiger partial charge in [-0.25, -0.2) is 13.1 Å². The standard InChI is InChI=1S/C19H26BrNO4S/c1-2-25-19(22)7-5-3-4-6-15-8-11-17(14-15)21-26(23,24)18-12-9-16(20)10-13-18/h4,6,9-10,12-13,15,17,21H,2-3,5,7-8,11,14H2,1H3/b6-4-. The number of halogens is 1. The van der Waals surface area contributed by atoms with Gasteiger partial charge in [-0.3, -0.25) is 4.79 Å². The number of carbonyl (C=O) groups excluding carboxylic acids is 1. The summed E-state index contributed by atoms with van der Waals surface area (Å²) in [4.78, 5) is 11.6. The summed E-state index contributed by atoms with van der Waals surface area (Å²) in [6.07, 6.45) is 8.93. The summed E-state index contributed by atoms with van der Waals surface area (Å²) in [6, 6.07) is 6.62. The molecular weight excluding hydrogens is 418 g/mol. The molecule has 2 rings (SSSR count). The van der Waals surface area contributed by atoms with Crippen LogP contribution >= 0.6 is 15.9 Å². The molecule has 0 aromatic heterocycles. The summed E-state index contributed by atoms with van der Waals surface area (Å²) >= 11 is 3.31. The van der Waals surface area contributed by atoms with Crippen LogP contribution in [0, 0.1) is 5.92 Å². The van der Waals surface area contributed by atoms with E-state index in [1.54, 1.807) is 31.2 Å². The maximum Gasteiger partial charge on any atom is 0.305 e. The summed E-state index contributed by atoms with van der Waals surface area (Å²) in [7, 11) is -3.47. The molecule has 2 unspecified atom stereocenters. The van der Waals surface area contributed by atoms with Crippen molar-refractivity contribution < 1.29 is 17.9 Å². The van der Waals surface area contributed by atoms with Crippen molar-refractivity contribution in [3.63, 3.8) is 0 Å². The highest BCUT2D eigenvalue weighted by molar-refractivity contribution is 9.10. The first-order chi connectivity index (χ1) is 12.4. The largest absolute Gasteiger partial charge is 0.466 e. The average molecular weight is 444 g/mol. The van der Waals surface area contributed by atoms with Crippen molar-refractivity contribution in [3.05, 3.63) is 40.9 Å². The van der Waals surface area contributed by atoms with Crippen molar-refractivity contribution in [1.82, 2.24) is 4.72 Å². The lowest BCUT2D eigenvalue weighted by molar-refractivity contribution is -0.143. The number of carbonyl (C=O) groups is 1. The number of ether oxygens (including phenoxy) is 1. The molecule has 2 atom stereocenters. The van der Waals surface area contributed by atoms with Gasteiger partial charge in [0.15, 0.2) is 0 Å². The van der Waals surface area contributed by atoms with E-state index in [9.17, 15) is 13.2 Å². The van der Waals surface area contributed by atoms with Crippen molar-refractivity contribution in [2.75, 3.05) is 6.61 Å². The van der Waals surface area contributed by atoms with Crippen molar-refractivity contribution in [2.45, 2.75) is 56.4 Å². The zero-order valence-corrected chi connectivity index (χ0v) is 17.4. The fraction of sp³-hybridized carbons (Fsp3) is 0.526. The van der Waals surface area contributed by atoms with Crippen molar-refractivity contribution in [2.24, 2.45) is 5.92 Å². The number of esters is 1. The molecule has 144 valence electrons. The van der Waals surface area contributed by atoms with Crippen LogP contribution in [0.3, 0.4) is 0 Å². The van der Waals surface area contributed by atoms with Crippen LogP contribution in [0.25, 0.3) is 0 Å². The Morgan fingerprint density at radius 2 is 2.04 bits per heavy atom. The number of hydrogen-bond acceptors (Lipinski definition) is 4. The van der Waals surface area contributed by atoms with Gasteiger partial charge in [-0.05, 0) is 69.2 Å². The Bertz CT molecular complexity index is 716. The Morgan fingerprint density at radius 3 is 2.73 bits per heavy atom. The van der Waals surface area contributed by atoms with Gasteiger partial charge in [0, 0.05) is 16.9 Å². The second-order valence-corrected chi connectivity index (χ2v) is 9.10. The fourth-order valence-electron chi connectivity index (χ4n) is 3.09. The molecule has 26 heavy (non-hydrogen) atoms. The molecule has 7 heteroatoms. The SMILES string of the molecule is CCOC(=O)CCC/C=C\C1CCC(NS(=O)(=O)c2ccc(Br)cc2)C1. The Hall–Kier alpha value is -1.18. The molecule has 1 aliphatic rings. The smallest absolute Gasteiger partial charge is 0.305 e. The molecule has 0 heterocycles. The van der Waals surface area contributed by atoms with E-state index in [-0.39, 0.29) is 12.0 Å². The van der Waals surface area contributed by atoms with Gasteiger partial charge in [0.2, 0.25) is 10.0 Å². The van der Waals surface area contributed by atoms with Gasteiger partial charge >= 0.3 is 5.97 Å². The minimum absolute atomic E-state index is 0.0298. The monoisotopic (exact) mass is 443 g/mol. The molecule has 0 amide bonds. The Morgan fingerprint density at radius 1 is 1.31 bits per heavy atom.